The van der Waals surface area contributed by atoms with E-state index in [1.807, 2.05) is 24.3 Å². The summed E-state index contributed by atoms with van der Waals surface area (Å²) in [4.78, 5) is 17.6. The van der Waals surface area contributed by atoms with Crippen LogP contribution < -0.4 is 4.74 Å². The van der Waals surface area contributed by atoms with E-state index in [9.17, 15) is 4.79 Å². The van der Waals surface area contributed by atoms with Gasteiger partial charge in [-0.3, -0.25) is 4.79 Å². The third-order valence-electron chi connectivity index (χ3n) is 5.92. The predicted molar refractivity (Wildman–Crippen MR) is 110 cm³/mol. The molecule has 150 valence electrons. The first-order valence-corrected chi connectivity index (χ1v) is 11.0. The number of hydrogen-bond donors (Lipinski definition) is 0. The first-order chi connectivity index (χ1) is 13.3. The summed E-state index contributed by atoms with van der Waals surface area (Å²) in [5, 5.41) is 0. The van der Waals surface area contributed by atoms with E-state index < -0.39 is 0 Å². The van der Waals surface area contributed by atoms with Crippen molar-refractivity contribution in [2.24, 2.45) is 0 Å². The maximum Gasteiger partial charge on any atom is 0.254 e. The maximum absolute atomic E-state index is 13.0. The van der Waals surface area contributed by atoms with Crippen LogP contribution in [-0.2, 0) is 0 Å². The van der Waals surface area contributed by atoms with E-state index in [4.69, 9.17) is 4.74 Å². The van der Waals surface area contributed by atoms with Gasteiger partial charge in [0.15, 0.2) is 0 Å². The Morgan fingerprint density at radius 2 is 1.74 bits per heavy atom. The maximum atomic E-state index is 13.0. The zero-order valence-electron chi connectivity index (χ0n) is 17.0. The molecule has 1 aromatic carbocycles. The largest absolute Gasteiger partial charge is 0.494 e. The summed E-state index contributed by atoms with van der Waals surface area (Å²) in [6, 6.07) is 8.14. The van der Waals surface area contributed by atoms with Crippen molar-refractivity contribution in [3.63, 3.8) is 0 Å². The van der Waals surface area contributed by atoms with Crippen LogP contribution in [0.25, 0.3) is 0 Å². The summed E-state index contributed by atoms with van der Waals surface area (Å²) in [6.45, 7) is 7.33. The highest BCUT2D eigenvalue weighted by atomic mass is 16.5. The minimum atomic E-state index is 0.183. The lowest BCUT2D eigenvalue weighted by Gasteiger charge is -2.28. The molecule has 0 unspecified atom stereocenters. The molecule has 2 heterocycles. The van der Waals surface area contributed by atoms with Gasteiger partial charge in [0.05, 0.1) is 6.61 Å². The van der Waals surface area contributed by atoms with Gasteiger partial charge in [0, 0.05) is 24.7 Å². The lowest BCUT2D eigenvalue weighted by Crippen LogP contribution is -2.42. The number of ether oxygens (including phenoxy) is 1. The molecule has 0 aromatic heterocycles. The number of likely N-dealkylation sites (tertiary alicyclic amines) is 2. The van der Waals surface area contributed by atoms with E-state index in [1.165, 1.54) is 51.6 Å². The highest BCUT2D eigenvalue weighted by Crippen LogP contribution is 2.23. The Bertz CT molecular complexity index is 566. The summed E-state index contributed by atoms with van der Waals surface area (Å²) >= 11 is 0. The molecule has 4 heteroatoms. The number of hydrogen-bond acceptors (Lipinski definition) is 3. The molecule has 2 saturated heterocycles. The van der Waals surface area contributed by atoms with Crippen molar-refractivity contribution < 1.29 is 9.53 Å². The van der Waals surface area contributed by atoms with Crippen LogP contribution in [0.15, 0.2) is 24.3 Å². The summed E-state index contributed by atoms with van der Waals surface area (Å²) in [6.07, 6.45) is 11.1. The van der Waals surface area contributed by atoms with Gasteiger partial charge < -0.3 is 14.5 Å². The van der Waals surface area contributed by atoms with Crippen LogP contribution in [0, 0.1) is 0 Å². The number of nitrogens with zero attached hydrogens (tertiary/aromatic N) is 2. The molecular formula is C23H36N2O2. The van der Waals surface area contributed by atoms with Gasteiger partial charge in [0.2, 0.25) is 0 Å². The second kappa shape index (κ2) is 10.7. The van der Waals surface area contributed by atoms with Gasteiger partial charge in [-0.2, -0.15) is 0 Å². The normalized spacial score (nSPS) is 20.3. The molecule has 0 aliphatic carbocycles. The van der Waals surface area contributed by atoms with Crippen LogP contribution in [0.5, 0.6) is 5.75 Å². The average Bonchev–Trinajstić information content (AvgIpc) is 3.37. The fourth-order valence-corrected chi connectivity index (χ4v) is 4.31. The fourth-order valence-electron chi connectivity index (χ4n) is 4.31. The van der Waals surface area contributed by atoms with Gasteiger partial charge in [-0.1, -0.05) is 32.6 Å². The minimum Gasteiger partial charge on any atom is -0.494 e. The quantitative estimate of drug-likeness (QED) is 0.556. The zero-order valence-corrected chi connectivity index (χ0v) is 17.0. The Labute approximate surface area is 164 Å². The van der Waals surface area contributed by atoms with E-state index in [2.05, 4.69) is 16.7 Å². The van der Waals surface area contributed by atoms with E-state index in [-0.39, 0.29) is 5.91 Å². The van der Waals surface area contributed by atoms with Crippen molar-refractivity contribution in [2.45, 2.75) is 70.8 Å². The molecule has 0 saturated carbocycles. The molecule has 1 atom stereocenters. The highest BCUT2D eigenvalue weighted by Gasteiger charge is 2.31. The first kappa shape index (κ1) is 20.2. The third kappa shape index (κ3) is 5.97. The van der Waals surface area contributed by atoms with Crippen molar-refractivity contribution in [3.05, 3.63) is 29.8 Å². The molecule has 2 fully saturated rings. The summed E-state index contributed by atoms with van der Waals surface area (Å²) < 4.78 is 5.82. The van der Waals surface area contributed by atoms with Gasteiger partial charge in [-0.25, -0.2) is 0 Å². The van der Waals surface area contributed by atoms with Crippen LogP contribution in [-0.4, -0.2) is 54.5 Å². The fraction of sp³-hybridized carbons (Fsp3) is 0.696. The molecule has 4 nitrogen and oxygen atoms in total. The molecule has 27 heavy (non-hydrogen) atoms. The van der Waals surface area contributed by atoms with Crippen LogP contribution in [0.2, 0.25) is 0 Å². The second-order valence-electron chi connectivity index (χ2n) is 8.09. The predicted octanol–water partition coefficient (Wildman–Crippen LogP) is 4.74. The van der Waals surface area contributed by atoms with Crippen LogP contribution in [0.3, 0.4) is 0 Å². The van der Waals surface area contributed by atoms with Gasteiger partial charge in [0.1, 0.15) is 5.75 Å². The van der Waals surface area contributed by atoms with E-state index in [1.54, 1.807) is 0 Å². The number of benzene rings is 1. The molecule has 2 aliphatic heterocycles. The van der Waals surface area contributed by atoms with Crippen LogP contribution >= 0.6 is 0 Å². The van der Waals surface area contributed by atoms with Gasteiger partial charge >= 0.3 is 0 Å². The molecule has 0 radical (unpaired) electrons. The molecule has 0 N–H and O–H groups in total. The molecule has 3 rings (SSSR count). The first-order valence-electron chi connectivity index (χ1n) is 11.0. The van der Waals surface area contributed by atoms with Crippen LogP contribution in [0.1, 0.15) is 75.1 Å². The number of amides is 1. The number of rotatable bonds is 10. The lowest BCUT2D eigenvalue weighted by atomic mass is 10.1. The van der Waals surface area contributed by atoms with E-state index in [0.717, 1.165) is 50.3 Å². The van der Waals surface area contributed by atoms with E-state index in [0.29, 0.717) is 6.04 Å². The van der Waals surface area contributed by atoms with Crippen molar-refractivity contribution in [3.8, 4) is 5.75 Å². The SMILES string of the molecule is CCCCCCCOc1ccc(C(=O)N2CCC[C@H]2CN2CCCC2)cc1. The minimum absolute atomic E-state index is 0.183. The van der Waals surface area contributed by atoms with Crippen molar-refractivity contribution in [1.82, 2.24) is 9.80 Å². The number of unbranched alkanes of at least 4 members (excludes halogenated alkanes) is 4. The smallest absolute Gasteiger partial charge is 0.254 e. The van der Waals surface area contributed by atoms with Crippen LogP contribution in [0.4, 0.5) is 0 Å². The number of carbonyl (C=O) groups is 1. The molecule has 1 aromatic rings. The Kier molecular flexibility index (Phi) is 8.00. The van der Waals surface area contributed by atoms with Crippen molar-refractivity contribution >= 4 is 5.91 Å². The molecule has 0 spiro atoms. The summed E-state index contributed by atoms with van der Waals surface area (Å²) in [7, 11) is 0. The van der Waals surface area contributed by atoms with Gasteiger partial charge in [0.25, 0.3) is 5.91 Å². The summed E-state index contributed by atoms with van der Waals surface area (Å²) in [5.41, 5.74) is 0.790. The second-order valence-corrected chi connectivity index (χ2v) is 8.09. The standard InChI is InChI=1S/C23H36N2O2/c1-2-3-4-5-8-18-27-22-13-11-20(12-14-22)23(26)25-17-9-10-21(25)19-24-15-6-7-16-24/h11-14,21H,2-10,15-19H2,1H3/t21-/m0/s1. The van der Waals surface area contributed by atoms with Gasteiger partial charge in [-0.05, 0) is 69.5 Å². The number of carbonyl (C=O) groups excluding carboxylic acids is 1. The molecule has 2 aliphatic rings. The summed E-state index contributed by atoms with van der Waals surface area (Å²) in [5.74, 6) is 1.06. The van der Waals surface area contributed by atoms with Crippen molar-refractivity contribution in [1.29, 1.82) is 0 Å². The van der Waals surface area contributed by atoms with Gasteiger partial charge in [-0.15, -0.1) is 0 Å². The molecule has 0 bridgehead atoms. The topological polar surface area (TPSA) is 32.8 Å². The Morgan fingerprint density at radius 1 is 1.00 bits per heavy atom. The van der Waals surface area contributed by atoms with E-state index >= 15 is 0 Å². The van der Waals surface area contributed by atoms with Crippen molar-refractivity contribution in [2.75, 3.05) is 32.8 Å². The Balaban J connectivity index is 1.46. The third-order valence-corrected chi connectivity index (χ3v) is 5.92. The highest BCUT2D eigenvalue weighted by molar-refractivity contribution is 5.94. The molecular weight excluding hydrogens is 336 g/mol. The Hall–Kier alpha value is -1.55. The monoisotopic (exact) mass is 372 g/mol. The average molecular weight is 373 g/mol. The Morgan fingerprint density at radius 3 is 2.48 bits per heavy atom. The zero-order chi connectivity index (χ0) is 18.9. The molecule has 1 amide bonds. The lowest BCUT2D eigenvalue weighted by molar-refractivity contribution is 0.0708.